The van der Waals surface area contributed by atoms with E-state index in [0.717, 1.165) is 17.0 Å². The van der Waals surface area contributed by atoms with Gasteiger partial charge in [-0.1, -0.05) is 18.2 Å². The van der Waals surface area contributed by atoms with Crippen molar-refractivity contribution in [1.29, 1.82) is 0 Å². The summed E-state index contributed by atoms with van der Waals surface area (Å²) in [5.74, 6) is -1.14. The number of rotatable bonds is 9. The molecule has 0 aliphatic rings. The summed E-state index contributed by atoms with van der Waals surface area (Å²) in [5, 5.41) is 13.9. The van der Waals surface area contributed by atoms with Gasteiger partial charge in [0, 0.05) is 22.7 Å². The highest BCUT2D eigenvalue weighted by molar-refractivity contribution is 8.00. The Balaban J connectivity index is 1.91. The van der Waals surface area contributed by atoms with Crippen molar-refractivity contribution >= 4 is 40.9 Å². The van der Waals surface area contributed by atoms with Gasteiger partial charge in [0.2, 0.25) is 11.8 Å². The monoisotopic (exact) mass is 400 g/mol. The van der Waals surface area contributed by atoms with Crippen LogP contribution in [0.4, 0.5) is 11.4 Å². The Hall–Kier alpha value is -3.26. The molecule has 0 fully saturated rings. The van der Waals surface area contributed by atoms with E-state index in [1.54, 1.807) is 30.3 Å². The van der Waals surface area contributed by atoms with Crippen LogP contribution in [0.15, 0.2) is 65.6 Å². The zero-order valence-corrected chi connectivity index (χ0v) is 16.0. The van der Waals surface area contributed by atoms with E-state index >= 15 is 0 Å². The molecule has 3 N–H and O–H groups in total. The predicted octanol–water partition coefficient (Wildman–Crippen LogP) is 3.40. The zero-order valence-electron chi connectivity index (χ0n) is 15.2. The second-order valence-corrected chi connectivity index (χ2v) is 6.50. The Labute approximate surface area is 166 Å². The molecule has 2 aromatic rings. The number of nitrogens with one attached hydrogen (secondary N) is 2. The van der Waals surface area contributed by atoms with Crippen LogP contribution < -0.4 is 15.4 Å². The number of benzene rings is 2. The topological polar surface area (TPSA) is 105 Å². The molecule has 2 aromatic carbocycles. The van der Waals surface area contributed by atoms with Crippen molar-refractivity contribution in [3.8, 4) is 5.75 Å². The van der Waals surface area contributed by atoms with E-state index in [-0.39, 0.29) is 11.7 Å². The molecule has 146 valence electrons. The molecule has 0 radical (unpaired) electrons. The molecule has 2 rings (SSSR count). The highest BCUT2D eigenvalue weighted by Gasteiger charge is 2.08. The van der Waals surface area contributed by atoms with E-state index in [1.807, 2.05) is 25.1 Å². The Kier molecular flexibility index (Phi) is 8.11. The third-order valence-electron chi connectivity index (χ3n) is 3.31. The molecule has 0 aliphatic heterocycles. The molecule has 8 heteroatoms. The van der Waals surface area contributed by atoms with Crippen molar-refractivity contribution in [1.82, 2.24) is 0 Å². The maximum atomic E-state index is 12.2. The van der Waals surface area contributed by atoms with Gasteiger partial charge >= 0.3 is 5.97 Å². The molecule has 0 heterocycles. The first-order chi connectivity index (χ1) is 13.5. The number of carboxylic acid groups (broad SMARTS) is 1. The lowest BCUT2D eigenvalue weighted by atomic mass is 10.3. The number of amides is 2. The first-order valence-corrected chi connectivity index (χ1v) is 9.43. The van der Waals surface area contributed by atoms with Gasteiger partial charge < -0.3 is 20.5 Å². The lowest BCUT2D eigenvalue weighted by Crippen LogP contribution is -2.15. The maximum absolute atomic E-state index is 12.2. The summed E-state index contributed by atoms with van der Waals surface area (Å²) in [7, 11) is 0. The molecule has 0 aromatic heterocycles. The SMILES string of the molecule is CCOc1ccccc1NC(=O)CSc1cccc(NC(=O)/C=C/C(=O)O)c1. The Morgan fingerprint density at radius 1 is 1.07 bits per heavy atom. The fraction of sp³-hybridized carbons (Fsp3) is 0.150. The van der Waals surface area contributed by atoms with Crippen LogP contribution in [0.25, 0.3) is 0 Å². The maximum Gasteiger partial charge on any atom is 0.328 e. The lowest BCUT2D eigenvalue weighted by molar-refractivity contribution is -0.131. The van der Waals surface area contributed by atoms with Gasteiger partial charge in [-0.3, -0.25) is 9.59 Å². The second-order valence-electron chi connectivity index (χ2n) is 5.45. The van der Waals surface area contributed by atoms with Crippen LogP contribution in [0.5, 0.6) is 5.75 Å². The van der Waals surface area contributed by atoms with E-state index in [1.165, 1.54) is 11.8 Å². The van der Waals surface area contributed by atoms with Crippen LogP contribution in [0.2, 0.25) is 0 Å². The molecule has 28 heavy (non-hydrogen) atoms. The standard InChI is InChI=1S/C20H20N2O5S/c1-2-27-17-9-4-3-8-16(17)22-19(24)13-28-15-7-5-6-14(12-15)21-18(23)10-11-20(25)26/h3-12H,2,13H2,1H3,(H,21,23)(H,22,24)(H,25,26)/b11-10+. The fourth-order valence-electron chi connectivity index (χ4n) is 2.18. The van der Waals surface area contributed by atoms with Crippen LogP contribution in [-0.4, -0.2) is 35.2 Å². The first-order valence-electron chi connectivity index (χ1n) is 8.44. The van der Waals surface area contributed by atoms with Gasteiger partial charge in [0.05, 0.1) is 18.0 Å². The quantitative estimate of drug-likeness (QED) is 0.440. The molecular formula is C20H20N2O5S. The molecule has 0 saturated heterocycles. The summed E-state index contributed by atoms with van der Waals surface area (Å²) in [6.07, 6.45) is 1.70. The smallest absolute Gasteiger partial charge is 0.328 e. The minimum Gasteiger partial charge on any atom is -0.492 e. The number of hydrogen-bond donors (Lipinski definition) is 3. The summed E-state index contributed by atoms with van der Waals surface area (Å²) in [5.41, 5.74) is 1.12. The Morgan fingerprint density at radius 3 is 2.61 bits per heavy atom. The molecular weight excluding hydrogens is 380 g/mol. The number of anilines is 2. The van der Waals surface area contributed by atoms with Gasteiger partial charge in [0.25, 0.3) is 0 Å². The lowest BCUT2D eigenvalue weighted by Gasteiger charge is -2.11. The van der Waals surface area contributed by atoms with Crippen LogP contribution in [-0.2, 0) is 14.4 Å². The molecule has 0 saturated carbocycles. The Bertz CT molecular complexity index is 882. The molecule has 0 bridgehead atoms. The van der Waals surface area contributed by atoms with Gasteiger partial charge in [0.15, 0.2) is 0 Å². The van der Waals surface area contributed by atoms with E-state index in [9.17, 15) is 14.4 Å². The number of thioether (sulfide) groups is 1. The van der Waals surface area contributed by atoms with Crippen molar-refractivity contribution in [2.24, 2.45) is 0 Å². The van der Waals surface area contributed by atoms with E-state index < -0.39 is 11.9 Å². The summed E-state index contributed by atoms with van der Waals surface area (Å²) in [6, 6.07) is 14.1. The Morgan fingerprint density at radius 2 is 1.86 bits per heavy atom. The zero-order chi connectivity index (χ0) is 20.4. The molecule has 0 spiro atoms. The van der Waals surface area contributed by atoms with Crippen molar-refractivity contribution in [3.05, 3.63) is 60.7 Å². The van der Waals surface area contributed by atoms with Crippen molar-refractivity contribution in [2.45, 2.75) is 11.8 Å². The summed E-state index contributed by atoms with van der Waals surface area (Å²) in [4.78, 5) is 35.1. The number of para-hydroxylation sites is 2. The number of carbonyl (C=O) groups excluding carboxylic acids is 2. The molecule has 7 nitrogen and oxygen atoms in total. The highest BCUT2D eigenvalue weighted by Crippen LogP contribution is 2.25. The highest BCUT2D eigenvalue weighted by atomic mass is 32.2. The second kappa shape index (κ2) is 10.8. The van der Waals surface area contributed by atoms with Crippen LogP contribution >= 0.6 is 11.8 Å². The summed E-state index contributed by atoms with van der Waals surface area (Å²) in [6.45, 7) is 2.37. The summed E-state index contributed by atoms with van der Waals surface area (Å²) < 4.78 is 5.48. The molecule has 2 amide bonds. The number of carbonyl (C=O) groups is 3. The minimum atomic E-state index is -1.20. The largest absolute Gasteiger partial charge is 0.492 e. The minimum absolute atomic E-state index is 0.177. The normalized spacial score (nSPS) is 10.5. The van der Waals surface area contributed by atoms with E-state index in [2.05, 4.69) is 10.6 Å². The molecule has 0 aliphatic carbocycles. The van der Waals surface area contributed by atoms with Gasteiger partial charge in [0.1, 0.15) is 5.75 Å². The van der Waals surface area contributed by atoms with E-state index in [0.29, 0.717) is 23.7 Å². The first kappa shape index (κ1) is 21.0. The summed E-state index contributed by atoms with van der Waals surface area (Å²) >= 11 is 1.31. The van der Waals surface area contributed by atoms with Crippen LogP contribution in [0.3, 0.4) is 0 Å². The third-order valence-corrected chi connectivity index (χ3v) is 4.30. The third kappa shape index (κ3) is 7.16. The molecule has 0 unspecified atom stereocenters. The fourth-order valence-corrected chi connectivity index (χ4v) is 2.94. The van der Waals surface area contributed by atoms with Crippen LogP contribution in [0, 0.1) is 0 Å². The number of aliphatic carboxylic acids is 1. The van der Waals surface area contributed by atoms with Crippen molar-refractivity contribution in [3.63, 3.8) is 0 Å². The van der Waals surface area contributed by atoms with Crippen LogP contribution in [0.1, 0.15) is 6.92 Å². The van der Waals surface area contributed by atoms with Crippen molar-refractivity contribution < 1.29 is 24.2 Å². The van der Waals surface area contributed by atoms with Gasteiger partial charge in [-0.15, -0.1) is 11.8 Å². The average molecular weight is 400 g/mol. The van der Waals surface area contributed by atoms with Gasteiger partial charge in [-0.2, -0.15) is 0 Å². The van der Waals surface area contributed by atoms with E-state index in [4.69, 9.17) is 9.84 Å². The number of ether oxygens (including phenoxy) is 1. The van der Waals surface area contributed by atoms with Crippen molar-refractivity contribution in [2.75, 3.05) is 23.0 Å². The number of hydrogen-bond acceptors (Lipinski definition) is 5. The predicted molar refractivity (Wildman–Crippen MR) is 109 cm³/mol. The number of carboxylic acids is 1. The molecule has 0 atom stereocenters. The average Bonchev–Trinajstić information content (AvgIpc) is 2.67. The van der Waals surface area contributed by atoms with Gasteiger partial charge in [-0.25, -0.2) is 4.79 Å². The van der Waals surface area contributed by atoms with Gasteiger partial charge in [-0.05, 0) is 37.3 Å².